The molecule has 0 fully saturated rings. The van der Waals surface area contributed by atoms with Crippen molar-refractivity contribution in [1.29, 1.82) is 5.26 Å². The fourth-order valence-electron chi connectivity index (χ4n) is 2.61. The third-order valence-corrected chi connectivity index (χ3v) is 5.51. The van der Waals surface area contributed by atoms with Crippen LogP contribution in [0.15, 0.2) is 65.7 Å². The normalized spacial score (nSPS) is 10.1. The van der Waals surface area contributed by atoms with Gasteiger partial charge in [0.2, 0.25) is 5.91 Å². The molecule has 0 spiro atoms. The van der Waals surface area contributed by atoms with E-state index < -0.39 is 17.7 Å². The first-order chi connectivity index (χ1) is 15.9. The molecule has 9 nitrogen and oxygen atoms in total. The summed E-state index contributed by atoms with van der Waals surface area (Å²) in [6, 6.07) is 18.4. The fraction of sp³-hybridized carbons (Fsp3) is 0.0455. The highest BCUT2D eigenvalue weighted by molar-refractivity contribution is 8.00. The molecule has 166 valence electrons. The van der Waals surface area contributed by atoms with Gasteiger partial charge in [0.05, 0.1) is 27.5 Å². The van der Waals surface area contributed by atoms with Crippen molar-refractivity contribution in [2.45, 2.75) is 5.03 Å². The Morgan fingerprint density at radius 3 is 2.39 bits per heavy atom. The van der Waals surface area contributed by atoms with Crippen LogP contribution in [0.1, 0.15) is 26.3 Å². The van der Waals surface area contributed by atoms with Crippen LogP contribution in [0.25, 0.3) is 0 Å². The molecule has 11 heteroatoms. The number of benzene rings is 2. The van der Waals surface area contributed by atoms with Gasteiger partial charge in [0.15, 0.2) is 0 Å². The number of hydrazine groups is 1. The first-order valence-electron chi connectivity index (χ1n) is 9.42. The number of hydrogen-bond acceptors (Lipinski definition) is 7. The van der Waals surface area contributed by atoms with E-state index in [9.17, 15) is 19.6 Å². The molecule has 3 rings (SSSR count). The van der Waals surface area contributed by atoms with E-state index in [2.05, 4.69) is 21.2 Å². The summed E-state index contributed by atoms with van der Waals surface area (Å²) >= 11 is 6.88. The Morgan fingerprint density at radius 1 is 1.00 bits per heavy atom. The Balaban J connectivity index is 1.61. The van der Waals surface area contributed by atoms with E-state index in [0.29, 0.717) is 5.69 Å². The van der Waals surface area contributed by atoms with E-state index in [1.165, 1.54) is 12.1 Å². The number of carbonyl (C=O) groups is 3. The topological polar surface area (TPSA) is 150 Å². The SMILES string of the molecule is N#Cc1cc(C(=O)Nc2ccccc2)c(N)nc1SCC(=O)NNC(=O)c1ccccc1Cl. The second kappa shape index (κ2) is 11.0. The molecule has 0 atom stereocenters. The summed E-state index contributed by atoms with van der Waals surface area (Å²) in [4.78, 5) is 40.8. The van der Waals surface area contributed by atoms with Gasteiger partial charge in [-0.25, -0.2) is 4.98 Å². The van der Waals surface area contributed by atoms with Crippen molar-refractivity contribution in [3.63, 3.8) is 0 Å². The number of nitrogen functional groups attached to an aromatic ring is 1. The zero-order valence-corrected chi connectivity index (χ0v) is 18.5. The molecular formula is C22H17ClN6O3S. The molecule has 2 aromatic carbocycles. The van der Waals surface area contributed by atoms with Gasteiger partial charge < -0.3 is 11.1 Å². The maximum Gasteiger partial charge on any atom is 0.271 e. The Bertz CT molecular complexity index is 1250. The van der Waals surface area contributed by atoms with Crippen LogP contribution in [0.3, 0.4) is 0 Å². The summed E-state index contributed by atoms with van der Waals surface area (Å²) in [5.41, 5.74) is 11.3. The first kappa shape index (κ1) is 23.6. The number of nitrogens with zero attached hydrogens (tertiary/aromatic N) is 2. The van der Waals surface area contributed by atoms with E-state index in [1.807, 2.05) is 12.1 Å². The average molecular weight is 481 g/mol. The smallest absolute Gasteiger partial charge is 0.271 e. The van der Waals surface area contributed by atoms with Crippen LogP contribution in [0, 0.1) is 11.3 Å². The van der Waals surface area contributed by atoms with Gasteiger partial charge in [-0.15, -0.1) is 0 Å². The van der Waals surface area contributed by atoms with Crippen LogP contribution >= 0.6 is 23.4 Å². The van der Waals surface area contributed by atoms with Crippen molar-refractivity contribution in [2.75, 3.05) is 16.8 Å². The fourth-order valence-corrected chi connectivity index (χ4v) is 3.60. The maximum absolute atomic E-state index is 12.5. The van der Waals surface area contributed by atoms with Crippen molar-refractivity contribution >= 4 is 52.6 Å². The zero-order chi connectivity index (χ0) is 23.8. The number of anilines is 2. The Labute approximate surface area is 198 Å². The second-order valence-corrected chi connectivity index (χ2v) is 7.85. The number of carbonyl (C=O) groups excluding carboxylic acids is 3. The molecule has 0 radical (unpaired) electrons. The molecule has 0 unspecified atom stereocenters. The van der Waals surface area contributed by atoms with Crippen molar-refractivity contribution in [3.05, 3.63) is 82.4 Å². The highest BCUT2D eigenvalue weighted by Gasteiger charge is 2.18. The maximum atomic E-state index is 12.5. The van der Waals surface area contributed by atoms with Crippen molar-refractivity contribution in [2.24, 2.45) is 0 Å². The molecule has 0 aliphatic rings. The van der Waals surface area contributed by atoms with Gasteiger partial charge in [0, 0.05) is 5.69 Å². The van der Waals surface area contributed by atoms with E-state index in [1.54, 1.807) is 42.5 Å². The number of thioether (sulfide) groups is 1. The summed E-state index contributed by atoms with van der Waals surface area (Å²) in [7, 11) is 0. The minimum absolute atomic E-state index is 0.0382. The van der Waals surface area contributed by atoms with Gasteiger partial charge in [-0.1, -0.05) is 53.7 Å². The molecule has 0 bridgehead atoms. The largest absolute Gasteiger partial charge is 0.383 e. The first-order valence-corrected chi connectivity index (χ1v) is 10.8. The molecule has 3 aromatic rings. The van der Waals surface area contributed by atoms with Gasteiger partial charge >= 0.3 is 0 Å². The molecule has 0 aliphatic carbocycles. The number of halogens is 1. The summed E-state index contributed by atoms with van der Waals surface area (Å²) in [5.74, 6) is -1.89. The van der Waals surface area contributed by atoms with Crippen LogP contribution in [-0.2, 0) is 4.79 Å². The summed E-state index contributed by atoms with van der Waals surface area (Å²) in [6.45, 7) is 0. The Morgan fingerprint density at radius 2 is 1.70 bits per heavy atom. The van der Waals surface area contributed by atoms with Crippen molar-refractivity contribution in [1.82, 2.24) is 15.8 Å². The third-order valence-electron chi connectivity index (χ3n) is 4.19. The number of rotatable bonds is 6. The van der Waals surface area contributed by atoms with E-state index in [-0.39, 0.29) is 38.3 Å². The average Bonchev–Trinajstić information content (AvgIpc) is 2.82. The number of amides is 3. The molecule has 0 saturated heterocycles. The van der Waals surface area contributed by atoms with Crippen LogP contribution in [0.5, 0.6) is 0 Å². The number of pyridine rings is 1. The zero-order valence-electron chi connectivity index (χ0n) is 17.0. The van der Waals surface area contributed by atoms with Gasteiger partial charge in [-0.2, -0.15) is 5.26 Å². The monoisotopic (exact) mass is 480 g/mol. The lowest BCUT2D eigenvalue weighted by molar-refractivity contribution is -0.119. The van der Waals surface area contributed by atoms with Gasteiger partial charge in [-0.05, 0) is 30.3 Å². The van der Waals surface area contributed by atoms with Gasteiger partial charge in [-0.3, -0.25) is 25.2 Å². The molecule has 3 amide bonds. The third kappa shape index (κ3) is 6.22. The molecular weight excluding hydrogens is 464 g/mol. The standard InChI is InChI=1S/C22H17ClN6O3S/c23-17-9-5-4-8-15(17)21(32)29-28-18(30)12-33-22-13(11-24)10-16(19(25)27-22)20(31)26-14-6-2-1-3-7-14/h1-10H,12H2,(H2,25,27)(H,26,31)(H,28,30)(H,29,32). The highest BCUT2D eigenvalue weighted by atomic mass is 35.5. The lowest BCUT2D eigenvalue weighted by Gasteiger charge is -2.11. The Kier molecular flexibility index (Phi) is 7.86. The van der Waals surface area contributed by atoms with Crippen LogP contribution in [-0.4, -0.2) is 28.5 Å². The number of aromatic nitrogens is 1. The summed E-state index contributed by atoms with van der Waals surface area (Å²) < 4.78 is 0. The predicted molar refractivity (Wildman–Crippen MR) is 126 cm³/mol. The molecule has 33 heavy (non-hydrogen) atoms. The Hall–Kier alpha value is -4.07. The van der Waals surface area contributed by atoms with Crippen molar-refractivity contribution in [3.8, 4) is 6.07 Å². The number of nitrogens with one attached hydrogen (secondary N) is 3. The van der Waals surface area contributed by atoms with Gasteiger partial charge in [0.1, 0.15) is 16.9 Å². The summed E-state index contributed by atoms with van der Waals surface area (Å²) in [5, 5.41) is 12.6. The number of hydrogen-bond donors (Lipinski definition) is 4. The van der Waals surface area contributed by atoms with E-state index >= 15 is 0 Å². The van der Waals surface area contributed by atoms with E-state index in [4.69, 9.17) is 17.3 Å². The molecule has 0 aliphatic heterocycles. The van der Waals surface area contributed by atoms with Crippen LogP contribution in [0.4, 0.5) is 11.5 Å². The lowest BCUT2D eigenvalue weighted by Crippen LogP contribution is -2.42. The van der Waals surface area contributed by atoms with Gasteiger partial charge in [0.25, 0.3) is 11.8 Å². The number of nitrogens with two attached hydrogens (primary N) is 1. The number of para-hydroxylation sites is 1. The molecule has 0 saturated carbocycles. The minimum atomic E-state index is -0.576. The van der Waals surface area contributed by atoms with Crippen LogP contribution < -0.4 is 21.9 Å². The molecule has 5 N–H and O–H groups in total. The molecule has 1 aromatic heterocycles. The quantitative estimate of drug-likeness (QED) is 0.313. The lowest BCUT2D eigenvalue weighted by atomic mass is 10.2. The molecule has 1 heterocycles. The van der Waals surface area contributed by atoms with Crippen LogP contribution in [0.2, 0.25) is 5.02 Å². The highest BCUT2D eigenvalue weighted by Crippen LogP contribution is 2.24. The second-order valence-electron chi connectivity index (χ2n) is 6.48. The summed E-state index contributed by atoms with van der Waals surface area (Å²) in [6.07, 6.45) is 0. The van der Waals surface area contributed by atoms with E-state index in [0.717, 1.165) is 11.8 Å². The number of nitriles is 1. The minimum Gasteiger partial charge on any atom is -0.383 e. The van der Waals surface area contributed by atoms with Crippen molar-refractivity contribution < 1.29 is 14.4 Å². The predicted octanol–water partition coefficient (Wildman–Crippen LogP) is 2.99.